The van der Waals surface area contributed by atoms with E-state index in [4.69, 9.17) is 11.5 Å². The Kier molecular flexibility index (Phi) is 2.61. The van der Waals surface area contributed by atoms with Crippen molar-refractivity contribution in [3.05, 3.63) is 23.9 Å². The molecule has 0 saturated heterocycles. The first-order valence-corrected chi connectivity index (χ1v) is 5.27. The first kappa shape index (κ1) is 10.4. The van der Waals surface area contributed by atoms with E-state index in [1.165, 1.54) is 0 Å². The Morgan fingerprint density at radius 3 is 3.00 bits per heavy atom. The molecular formula is C11H16FN3. The molecule has 1 aliphatic rings. The molecular weight excluding hydrogens is 193 g/mol. The van der Waals surface area contributed by atoms with Crippen molar-refractivity contribution in [2.75, 3.05) is 5.73 Å². The lowest BCUT2D eigenvalue weighted by molar-refractivity contribution is 0.0953. The minimum Gasteiger partial charge on any atom is -0.383 e. The van der Waals surface area contributed by atoms with Crippen molar-refractivity contribution in [2.45, 2.75) is 37.4 Å². The lowest BCUT2D eigenvalue weighted by Crippen LogP contribution is -2.36. The molecule has 1 aliphatic carbocycles. The maximum atomic E-state index is 14.6. The number of pyridine rings is 1. The maximum Gasteiger partial charge on any atom is 0.141 e. The molecule has 4 heteroatoms. The van der Waals surface area contributed by atoms with Gasteiger partial charge in [0.1, 0.15) is 11.5 Å². The molecule has 82 valence electrons. The molecule has 0 aromatic carbocycles. The first-order chi connectivity index (χ1) is 7.12. The largest absolute Gasteiger partial charge is 0.383 e. The van der Waals surface area contributed by atoms with E-state index in [0.29, 0.717) is 18.4 Å². The van der Waals surface area contributed by atoms with Gasteiger partial charge in [0.05, 0.1) is 0 Å². The molecule has 3 nitrogen and oxygen atoms in total. The van der Waals surface area contributed by atoms with Crippen molar-refractivity contribution in [3.63, 3.8) is 0 Å². The summed E-state index contributed by atoms with van der Waals surface area (Å²) in [6.45, 7) is 0. The molecule has 4 N–H and O–H groups in total. The summed E-state index contributed by atoms with van der Waals surface area (Å²) in [4.78, 5) is 3.92. The van der Waals surface area contributed by atoms with Gasteiger partial charge >= 0.3 is 0 Å². The van der Waals surface area contributed by atoms with Crippen LogP contribution < -0.4 is 11.5 Å². The van der Waals surface area contributed by atoms with Gasteiger partial charge in [-0.2, -0.15) is 0 Å². The van der Waals surface area contributed by atoms with Crippen LogP contribution in [0.2, 0.25) is 0 Å². The quantitative estimate of drug-likeness (QED) is 0.740. The van der Waals surface area contributed by atoms with Gasteiger partial charge < -0.3 is 11.5 Å². The fourth-order valence-corrected chi connectivity index (χ4v) is 2.31. The standard InChI is InChI=1S/C11H16FN3/c12-11(5-1-3-8(13)7-11)9-4-2-6-15-10(9)14/h2,4,6,8H,1,3,5,7,13H2,(H2,14,15). The maximum absolute atomic E-state index is 14.6. The van der Waals surface area contributed by atoms with Crippen LogP contribution in [0.4, 0.5) is 10.2 Å². The fourth-order valence-electron chi connectivity index (χ4n) is 2.31. The van der Waals surface area contributed by atoms with Gasteiger partial charge in [-0.1, -0.05) is 6.07 Å². The van der Waals surface area contributed by atoms with Gasteiger partial charge in [0.2, 0.25) is 0 Å². The van der Waals surface area contributed by atoms with Gasteiger partial charge in [0, 0.05) is 24.2 Å². The van der Waals surface area contributed by atoms with Gasteiger partial charge in [0.15, 0.2) is 0 Å². The predicted octanol–water partition coefficient (Wildman–Crippen LogP) is 1.73. The Morgan fingerprint density at radius 2 is 2.33 bits per heavy atom. The van der Waals surface area contributed by atoms with Crippen LogP contribution >= 0.6 is 0 Å². The summed E-state index contributed by atoms with van der Waals surface area (Å²) in [5, 5.41) is 0. The van der Waals surface area contributed by atoms with Crippen LogP contribution in [0.3, 0.4) is 0 Å². The molecule has 0 spiro atoms. The lowest BCUT2D eigenvalue weighted by Gasteiger charge is -2.33. The molecule has 0 bridgehead atoms. The van der Waals surface area contributed by atoms with Crippen molar-refractivity contribution in [1.29, 1.82) is 0 Å². The summed E-state index contributed by atoms with van der Waals surface area (Å²) in [5.41, 5.74) is 10.6. The summed E-state index contributed by atoms with van der Waals surface area (Å²) >= 11 is 0. The number of rotatable bonds is 1. The second kappa shape index (κ2) is 3.77. The van der Waals surface area contributed by atoms with Gasteiger partial charge in [-0.25, -0.2) is 9.37 Å². The lowest BCUT2D eigenvalue weighted by atomic mass is 9.79. The van der Waals surface area contributed by atoms with E-state index >= 15 is 0 Å². The molecule has 15 heavy (non-hydrogen) atoms. The number of nitrogens with zero attached hydrogens (tertiary/aromatic N) is 1. The monoisotopic (exact) mass is 209 g/mol. The SMILES string of the molecule is Nc1ncccc1C1(F)CCCC(N)C1. The Bertz CT molecular complexity index is 355. The second-order valence-corrected chi connectivity index (χ2v) is 4.26. The Hall–Kier alpha value is -1.16. The minimum atomic E-state index is -1.38. The Morgan fingerprint density at radius 1 is 1.53 bits per heavy atom. The molecule has 1 heterocycles. The van der Waals surface area contributed by atoms with E-state index in [2.05, 4.69) is 4.98 Å². The van der Waals surface area contributed by atoms with Crippen molar-refractivity contribution in [2.24, 2.45) is 5.73 Å². The molecule has 0 amide bonds. The smallest absolute Gasteiger partial charge is 0.141 e. The number of hydrogen-bond acceptors (Lipinski definition) is 3. The van der Waals surface area contributed by atoms with Crippen LogP contribution in [-0.4, -0.2) is 11.0 Å². The number of nitrogen functional groups attached to an aromatic ring is 1. The molecule has 2 unspecified atom stereocenters. The van der Waals surface area contributed by atoms with Gasteiger partial charge in [-0.15, -0.1) is 0 Å². The average Bonchev–Trinajstić information content (AvgIpc) is 2.17. The topological polar surface area (TPSA) is 64.9 Å². The van der Waals surface area contributed by atoms with Crippen LogP contribution in [0.1, 0.15) is 31.2 Å². The molecule has 1 aromatic heterocycles. The van der Waals surface area contributed by atoms with Crippen molar-refractivity contribution in [1.82, 2.24) is 4.98 Å². The zero-order valence-corrected chi connectivity index (χ0v) is 8.62. The van der Waals surface area contributed by atoms with E-state index in [9.17, 15) is 4.39 Å². The van der Waals surface area contributed by atoms with E-state index < -0.39 is 5.67 Å². The average molecular weight is 209 g/mol. The van der Waals surface area contributed by atoms with E-state index in [1.807, 2.05) is 0 Å². The Labute approximate surface area is 88.7 Å². The summed E-state index contributed by atoms with van der Waals surface area (Å²) in [7, 11) is 0. The highest BCUT2D eigenvalue weighted by atomic mass is 19.1. The highest BCUT2D eigenvalue weighted by Gasteiger charge is 2.38. The number of hydrogen-bond donors (Lipinski definition) is 2. The van der Waals surface area contributed by atoms with Crippen LogP contribution in [0.15, 0.2) is 18.3 Å². The van der Waals surface area contributed by atoms with Crippen LogP contribution in [0, 0.1) is 0 Å². The van der Waals surface area contributed by atoms with Crippen molar-refractivity contribution in [3.8, 4) is 0 Å². The summed E-state index contributed by atoms with van der Waals surface area (Å²) < 4.78 is 14.6. The van der Waals surface area contributed by atoms with Crippen molar-refractivity contribution >= 4 is 5.82 Å². The zero-order chi connectivity index (χ0) is 10.9. The third-order valence-corrected chi connectivity index (χ3v) is 3.05. The summed E-state index contributed by atoms with van der Waals surface area (Å²) in [6.07, 6.45) is 4.13. The van der Waals surface area contributed by atoms with E-state index in [0.717, 1.165) is 12.8 Å². The van der Waals surface area contributed by atoms with E-state index in [1.54, 1.807) is 18.3 Å². The molecule has 2 rings (SSSR count). The number of aromatic nitrogens is 1. The van der Waals surface area contributed by atoms with Crippen LogP contribution in [-0.2, 0) is 5.67 Å². The van der Waals surface area contributed by atoms with Gasteiger partial charge in [0.25, 0.3) is 0 Å². The van der Waals surface area contributed by atoms with Gasteiger partial charge in [-0.05, 0) is 25.3 Å². The summed E-state index contributed by atoms with van der Waals surface area (Å²) in [5.74, 6) is 0.286. The molecule has 2 atom stereocenters. The molecule has 0 radical (unpaired) electrons. The first-order valence-electron chi connectivity index (χ1n) is 5.27. The van der Waals surface area contributed by atoms with E-state index in [-0.39, 0.29) is 11.9 Å². The van der Waals surface area contributed by atoms with Crippen LogP contribution in [0.5, 0.6) is 0 Å². The Balaban J connectivity index is 2.32. The number of nitrogens with two attached hydrogens (primary N) is 2. The third kappa shape index (κ3) is 1.95. The zero-order valence-electron chi connectivity index (χ0n) is 8.62. The van der Waals surface area contributed by atoms with Crippen LogP contribution in [0.25, 0.3) is 0 Å². The van der Waals surface area contributed by atoms with Crippen molar-refractivity contribution < 1.29 is 4.39 Å². The summed E-state index contributed by atoms with van der Waals surface area (Å²) in [6, 6.07) is 3.36. The normalized spacial score (nSPS) is 31.5. The number of anilines is 1. The minimum absolute atomic E-state index is 0.0663. The molecule has 1 fully saturated rings. The third-order valence-electron chi connectivity index (χ3n) is 3.05. The fraction of sp³-hybridized carbons (Fsp3) is 0.545. The highest BCUT2D eigenvalue weighted by Crippen LogP contribution is 2.41. The van der Waals surface area contributed by atoms with Gasteiger partial charge in [-0.3, -0.25) is 0 Å². The predicted molar refractivity (Wildman–Crippen MR) is 57.9 cm³/mol. The molecule has 0 aliphatic heterocycles. The molecule has 1 aromatic rings. The number of halogens is 1. The second-order valence-electron chi connectivity index (χ2n) is 4.26. The highest BCUT2D eigenvalue weighted by molar-refractivity contribution is 5.43. The number of alkyl halides is 1. The molecule has 1 saturated carbocycles.